The van der Waals surface area contributed by atoms with Crippen molar-refractivity contribution in [3.63, 3.8) is 0 Å². The van der Waals surface area contributed by atoms with E-state index in [1.54, 1.807) is 14.2 Å². The van der Waals surface area contributed by atoms with Gasteiger partial charge in [-0.05, 0) is 6.42 Å². The third-order valence-electron chi connectivity index (χ3n) is 2.64. The van der Waals surface area contributed by atoms with Gasteiger partial charge in [-0.2, -0.15) is 0 Å². The van der Waals surface area contributed by atoms with Gasteiger partial charge in [0.1, 0.15) is 0 Å². The first-order valence-electron chi connectivity index (χ1n) is 8.43. The number of methoxy groups -OCH3 is 2. The average molecular weight is 388 g/mol. The quantitative estimate of drug-likeness (QED) is 0.229. The predicted octanol–water partition coefficient (Wildman–Crippen LogP) is 1.90. The highest BCUT2D eigenvalue weighted by atomic mass is 31.2. The Bertz CT molecular complexity index is 297. The Morgan fingerprint density at radius 3 is 1.28 bits per heavy atom. The largest absolute Gasteiger partial charge is 0.475 e. The molecule has 0 rings (SSSR count). The zero-order chi connectivity index (χ0) is 18.6. The third kappa shape index (κ3) is 17.1. The highest BCUT2D eigenvalue weighted by molar-refractivity contribution is 7.48. The van der Waals surface area contributed by atoms with Crippen molar-refractivity contribution >= 4 is 7.82 Å². The lowest BCUT2D eigenvalue weighted by molar-refractivity contribution is 0.0193. The van der Waals surface area contributed by atoms with Crippen molar-refractivity contribution in [2.45, 2.75) is 13.3 Å². The van der Waals surface area contributed by atoms with E-state index in [2.05, 4.69) is 0 Å². The molecule has 10 heteroatoms. The lowest BCUT2D eigenvalue weighted by Crippen LogP contribution is -2.13. The maximum atomic E-state index is 12.5. The Morgan fingerprint density at radius 2 is 0.920 bits per heavy atom. The van der Waals surface area contributed by atoms with Gasteiger partial charge in [0, 0.05) is 20.8 Å². The summed E-state index contributed by atoms with van der Waals surface area (Å²) >= 11 is 0. The molecule has 0 amide bonds. The van der Waals surface area contributed by atoms with E-state index in [-0.39, 0.29) is 33.0 Å². The molecule has 0 heterocycles. The van der Waals surface area contributed by atoms with Crippen molar-refractivity contribution < 1.29 is 41.8 Å². The Morgan fingerprint density at radius 1 is 0.560 bits per heavy atom. The predicted molar refractivity (Wildman–Crippen MR) is 92.0 cm³/mol. The van der Waals surface area contributed by atoms with Crippen LogP contribution in [0.25, 0.3) is 0 Å². The first kappa shape index (κ1) is 24.9. The number of ether oxygens (including phenoxy) is 5. The Labute approximate surface area is 150 Å². The summed E-state index contributed by atoms with van der Waals surface area (Å²) in [5.41, 5.74) is 0. The minimum Gasteiger partial charge on any atom is -0.382 e. The molecule has 0 saturated heterocycles. The van der Waals surface area contributed by atoms with Crippen LogP contribution >= 0.6 is 7.82 Å². The van der Waals surface area contributed by atoms with Crippen LogP contribution in [0.3, 0.4) is 0 Å². The summed E-state index contributed by atoms with van der Waals surface area (Å²) in [7, 11) is -0.505. The summed E-state index contributed by atoms with van der Waals surface area (Å²) in [5, 5.41) is 0. The molecule has 0 aromatic heterocycles. The van der Waals surface area contributed by atoms with Crippen LogP contribution in [0.15, 0.2) is 0 Å². The van der Waals surface area contributed by atoms with Gasteiger partial charge in [0.2, 0.25) is 0 Å². The number of phosphoric acid groups is 1. The molecule has 0 unspecified atom stereocenters. The fourth-order valence-corrected chi connectivity index (χ4v) is 2.59. The minimum absolute atomic E-state index is 0.0847. The van der Waals surface area contributed by atoms with E-state index < -0.39 is 7.82 Å². The third-order valence-corrected chi connectivity index (χ3v) is 4.14. The van der Waals surface area contributed by atoms with E-state index in [0.717, 1.165) is 6.42 Å². The van der Waals surface area contributed by atoms with Crippen molar-refractivity contribution in [3.05, 3.63) is 0 Å². The second-order valence-electron chi connectivity index (χ2n) is 4.77. The van der Waals surface area contributed by atoms with Crippen LogP contribution in [0.5, 0.6) is 0 Å². The van der Waals surface area contributed by atoms with E-state index in [0.29, 0.717) is 39.6 Å². The molecule has 0 fully saturated rings. The van der Waals surface area contributed by atoms with Crippen molar-refractivity contribution in [2.24, 2.45) is 0 Å². The summed E-state index contributed by atoms with van der Waals surface area (Å²) < 4.78 is 53.8. The van der Waals surface area contributed by atoms with Crippen LogP contribution in [0.2, 0.25) is 0 Å². The first-order valence-corrected chi connectivity index (χ1v) is 9.89. The van der Waals surface area contributed by atoms with E-state index in [1.807, 2.05) is 6.92 Å². The first-order chi connectivity index (χ1) is 12.2. The Kier molecular flexibility index (Phi) is 18.6. The van der Waals surface area contributed by atoms with Gasteiger partial charge in [-0.3, -0.25) is 13.6 Å². The topological polar surface area (TPSA) is 90.9 Å². The van der Waals surface area contributed by atoms with Crippen LogP contribution in [0.1, 0.15) is 13.3 Å². The second kappa shape index (κ2) is 18.7. The number of rotatable bonds is 20. The van der Waals surface area contributed by atoms with E-state index in [1.165, 1.54) is 0 Å². The molecule has 0 aliphatic rings. The lowest BCUT2D eigenvalue weighted by atomic mass is 10.5. The normalized spacial score (nSPS) is 12.0. The smallest absolute Gasteiger partial charge is 0.382 e. The number of hydrogen-bond donors (Lipinski definition) is 0. The molecule has 25 heavy (non-hydrogen) atoms. The van der Waals surface area contributed by atoms with Gasteiger partial charge in [0.25, 0.3) is 0 Å². The summed E-state index contributed by atoms with van der Waals surface area (Å²) in [5.74, 6) is 0. The van der Waals surface area contributed by atoms with Crippen LogP contribution in [0.4, 0.5) is 0 Å². The summed E-state index contributed by atoms with van der Waals surface area (Å²) in [6.07, 6.45) is 0.905. The summed E-state index contributed by atoms with van der Waals surface area (Å²) in [6, 6.07) is 0. The lowest BCUT2D eigenvalue weighted by Gasteiger charge is -2.18. The van der Waals surface area contributed by atoms with Crippen molar-refractivity contribution in [2.75, 3.05) is 86.9 Å². The molecule has 0 N–H and O–H groups in total. The van der Waals surface area contributed by atoms with Gasteiger partial charge in [-0.15, -0.1) is 0 Å². The molecule has 152 valence electrons. The molecule has 0 bridgehead atoms. The molecule has 0 spiro atoms. The van der Waals surface area contributed by atoms with E-state index >= 15 is 0 Å². The van der Waals surface area contributed by atoms with Crippen molar-refractivity contribution in [3.8, 4) is 0 Å². The molecule has 0 aliphatic carbocycles. The molecule has 0 atom stereocenters. The molecular weight excluding hydrogens is 355 g/mol. The van der Waals surface area contributed by atoms with Crippen molar-refractivity contribution in [1.82, 2.24) is 0 Å². The highest BCUT2D eigenvalue weighted by Crippen LogP contribution is 2.49. The van der Waals surface area contributed by atoms with Gasteiger partial charge >= 0.3 is 7.82 Å². The Hall–Kier alpha value is -0.0900. The molecular formula is C15H33O9P. The minimum atomic E-state index is -3.68. The monoisotopic (exact) mass is 388 g/mol. The number of hydrogen-bond acceptors (Lipinski definition) is 9. The molecule has 9 nitrogen and oxygen atoms in total. The molecule has 0 aliphatic heterocycles. The zero-order valence-electron chi connectivity index (χ0n) is 15.6. The average Bonchev–Trinajstić information content (AvgIpc) is 2.61. The van der Waals surface area contributed by atoms with Crippen LogP contribution in [-0.4, -0.2) is 86.9 Å². The maximum absolute atomic E-state index is 12.5. The van der Waals surface area contributed by atoms with Crippen LogP contribution in [0, 0.1) is 0 Å². The molecule has 0 aromatic carbocycles. The maximum Gasteiger partial charge on any atom is 0.475 e. The second-order valence-corrected chi connectivity index (χ2v) is 6.44. The SMILES string of the molecule is CCCOCCOP(=O)(OCCOCCOC)OCCOCCOC. The van der Waals surface area contributed by atoms with E-state index in [4.69, 9.17) is 37.3 Å². The van der Waals surface area contributed by atoms with E-state index in [9.17, 15) is 4.57 Å². The fraction of sp³-hybridized carbons (Fsp3) is 1.00. The van der Waals surface area contributed by atoms with Crippen LogP contribution < -0.4 is 0 Å². The number of phosphoric ester groups is 1. The fourth-order valence-electron chi connectivity index (χ4n) is 1.47. The zero-order valence-corrected chi connectivity index (χ0v) is 16.5. The molecule has 0 radical (unpaired) electrons. The van der Waals surface area contributed by atoms with Gasteiger partial charge in [-0.25, -0.2) is 4.57 Å². The summed E-state index contributed by atoms with van der Waals surface area (Å²) in [4.78, 5) is 0. The standard InChI is InChI=1S/C15H33O9P/c1-4-5-19-10-13-22-25(16,23-14-11-20-8-6-17-2)24-15-12-21-9-7-18-3/h4-15H2,1-3H3. The summed E-state index contributed by atoms with van der Waals surface area (Å²) in [6.45, 7) is 5.59. The van der Waals surface area contributed by atoms with Gasteiger partial charge in [0.05, 0.1) is 66.1 Å². The van der Waals surface area contributed by atoms with Crippen molar-refractivity contribution in [1.29, 1.82) is 0 Å². The van der Waals surface area contributed by atoms with Gasteiger partial charge in [-0.1, -0.05) is 6.92 Å². The molecule has 0 aromatic rings. The highest BCUT2D eigenvalue weighted by Gasteiger charge is 2.26. The van der Waals surface area contributed by atoms with Gasteiger partial charge < -0.3 is 23.7 Å². The van der Waals surface area contributed by atoms with Gasteiger partial charge in [0.15, 0.2) is 0 Å². The Balaban J connectivity index is 4.03. The molecule has 0 saturated carbocycles. The van der Waals surface area contributed by atoms with Crippen LogP contribution in [-0.2, 0) is 41.8 Å².